The molecule has 0 spiro atoms. The summed E-state index contributed by atoms with van der Waals surface area (Å²) in [4.78, 5) is 65.3. The van der Waals surface area contributed by atoms with Gasteiger partial charge in [0.1, 0.15) is 24.7 Å². The number of ketones is 1. The summed E-state index contributed by atoms with van der Waals surface area (Å²) in [6, 6.07) is 23.5. The molecule has 10 heteroatoms. The third-order valence-electron chi connectivity index (χ3n) is 6.74. The molecule has 0 saturated carbocycles. The van der Waals surface area contributed by atoms with Crippen LogP contribution in [0.4, 0.5) is 4.79 Å². The first kappa shape index (κ1) is 33.5. The van der Waals surface area contributed by atoms with Crippen molar-refractivity contribution in [2.45, 2.75) is 57.8 Å². The zero-order valence-electron chi connectivity index (χ0n) is 25.2. The highest BCUT2D eigenvalue weighted by Crippen LogP contribution is 2.11. The van der Waals surface area contributed by atoms with E-state index in [4.69, 9.17) is 9.47 Å². The second-order valence-corrected chi connectivity index (χ2v) is 10.7. The van der Waals surface area contributed by atoms with E-state index in [0.29, 0.717) is 5.56 Å². The van der Waals surface area contributed by atoms with Crippen LogP contribution >= 0.6 is 0 Å². The molecule has 0 heterocycles. The quantitative estimate of drug-likeness (QED) is 0.179. The minimum atomic E-state index is -1.28. The molecular weight excluding hydrogens is 562 g/mol. The molecule has 10 nitrogen and oxygen atoms in total. The molecule has 0 aliphatic heterocycles. The molecule has 3 N–H and O–H groups in total. The Hall–Kier alpha value is -4.99. The van der Waals surface area contributed by atoms with Gasteiger partial charge in [-0.2, -0.15) is 0 Å². The van der Waals surface area contributed by atoms with E-state index in [0.717, 1.165) is 11.1 Å². The number of esters is 1. The number of alkyl carbamates (subject to hydrolysis) is 1. The van der Waals surface area contributed by atoms with Crippen molar-refractivity contribution < 1.29 is 33.4 Å². The van der Waals surface area contributed by atoms with Gasteiger partial charge in [0.25, 0.3) is 5.91 Å². The summed E-state index contributed by atoms with van der Waals surface area (Å²) >= 11 is 0. The van der Waals surface area contributed by atoms with Crippen molar-refractivity contribution in [3.8, 4) is 0 Å². The fraction of sp³-hybridized carbons (Fsp3) is 0.324. The summed E-state index contributed by atoms with van der Waals surface area (Å²) in [5.41, 5.74) is 2.24. The van der Waals surface area contributed by atoms with E-state index in [1.165, 1.54) is 7.11 Å². The fourth-order valence-electron chi connectivity index (χ4n) is 4.51. The molecule has 0 bridgehead atoms. The Morgan fingerprint density at radius 3 is 1.64 bits per heavy atom. The van der Waals surface area contributed by atoms with Crippen LogP contribution in [0.3, 0.4) is 0 Å². The molecule has 232 valence electrons. The highest BCUT2D eigenvalue weighted by Gasteiger charge is 2.33. The highest BCUT2D eigenvalue weighted by molar-refractivity contribution is 6.38. The maximum absolute atomic E-state index is 13.5. The lowest BCUT2D eigenvalue weighted by molar-refractivity contribution is -0.147. The van der Waals surface area contributed by atoms with Gasteiger partial charge in [-0.05, 0) is 29.0 Å². The number of Topliss-reactive ketones (excluding diaryl/α,β-unsaturated/α-hetero) is 1. The number of hydrogen-bond acceptors (Lipinski definition) is 7. The predicted molar refractivity (Wildman–Crippen MR) is 164 cm³/mol. The zero-order valence-corrected chi connectivity index (χ0v) is 25.2. The number of carbonyl (C=O) groups excluding carboxylic acids is 5. The lowest BCUT2D eigenvalue weighted by Gasteiger charge is -2.24. The molecule has 3 atom stereocenters. The van der Waals surface area contributed by atoms with Gasteiger partial charge in [0.2, 0.25) is 11.7 Å². The van der Waals surface area contributed by atoms with Crippen LogP contribution in [0.15, 0.2) is 91.0 Å². The molecule has 0 aromatic heterocycles. The van der Waals surface area contributed by atoms with Crippen LogP contribution in [0.25, 0.3) is 0 Å². The SMILES string of the molecule is COC(=O)[C@H](Cc1ccccc1)NC(=O)C(=O)[C@H](Cc1ccccc1)NC(=O)C(CC(C)C)NC(=O)OCc1ccccc1. The number of hydrogen-bond donors (Lipinski definition) is 3. The lowest BCUT2D eigenvalue weighted by Crippen LogP contribution is -2.56. The smallest absolute Gasteiger partial charge is 0.408 e. The van der Waals surface area contributed by atoms with Gasteiger partial charge in [0, 0.05) is 12.8 Å². The Morgan fingerprint density at radius 2 is 1.14 bits per heavy atom. The van der Waals surface area contributed by atoms with E-state index < -0.39 is 47.8 Å². The summed E-state index contributed by atoms with van der Waals surface area (Å²) in [6.07, 6.45) is -0.423. The number of benzene rings is 3. The van der Waals surface area contributed by atoms with Gasteiger partial charge in [0.15, 0.2) is 0 Å². The molecular formula is C34H39N3O7. The van der Waals surface area contributed by atoms with Crippen LogP contribution in [-0.2, 0) is 48.1 Å². The third-order valence-corrected chi connectivity index (χ3v) is 6.74. The monoisotopic (exact) mass is 601 g/mol. The molecule has 0 saturated heterocycles. The average Bonchev–Trinajstić information content (AvgIpc) is 3.03. The van der Waals surface area contributed by atoms with Gasteiger partial charge in [-0.3, -0.25) is 14.4 Å². The van der Waals surface area contributed by atoms with Crippen LogP contribution in [0, 0.1) is 5.92 Å². The van der Waals surface area contributed by atoms with Crippen LogP contribution in [0.5, 0.6) is 0 Å². The summed E-state index contributed by atoms with van der Waals surface area (Å²) in [5, 5.41) is 7.73. The number of methoxy groups -OCH3 is 1. The zero-order chi connectivity index (χ0) is 31.9. The normalized spacial score (nSPS) is 12.7. The second-order valence-electron chi connectivity index (χ2n) is 10.7. The lowest BCUT2D eigenvalue weighted by atomic mass is 9.99. The van der Waals surface area contributed by atoms with E-state index in [9.17, 15) is 24.0 Å². The molecule has 3 aromatic carbocycles. The van der Waals surface area contributed by atoms with E-state index in [1.807, 2.05) is 38.1 Å². The largest absolute Gasteiger partial charge is 0.467 e. The van der Waals surface area contributed by atoms with Crippen molar-refractivity contribution in [3.05, 3.63) is 108 Å². The van der Waals surface area contributed by atoms with Crippen molar-refractivity contribution in [2.75, 3.05) is 7.11 Å². The summed E-state index contributed by atoms with van der Waals surface area (Å²) in [6.45, 7) is 3.79. The Balaban J connectivity index is 1.75. The summed E-state index contributed by atoms with van der Waals surface area (Å²) in [7, 11) is 1.19. The number of amides is 3. The highest BCUT2D eigenvalue weighted by atomic mass is 16.5. The molecule has 44 heavy (non-hydrogen) atoms. The van der Waals surface area contributed by atoms with Gasteiger partial charge < -0.3 is 25.4 Å². The van der Waals surface area contributed by atoms with Gasteiger partial charge in [-0.1, -0.05) is 105 Å². The van der Waals surface area contributed by atoms with Crippen molar-refractivity contribution in [1.82, 2.24) is 16.0 Å². The van der Waals surface area contributed by atoms with E-state index in [-0.39, 0.29) is 31.8 Å². The van der Waals surface area contributed by atoms with Crippen LogP contribution in [0.2, 0.25) is 0 Å². The minimum absolute atomic E-state index is 0.00514. The Morgan fingerprint density at radius 1 is 0.636 bits per heavy atom. The Bertz CT molecular complexity index is 1380. The minimum Gasteiger partial charge on any atom is -0.467 e. The molecule has 3 amide bonds. The maximum Gasteiger partial charge on any atom is 0.408 e. The molecule has 1 unspecified atom stereocenters. The maximum atomic E-state index is 13.5. The van der Waals surface area contributed by atoms with Crippen LogP contribution in [0.1, 0.15) is 37.0 Å². The number of nitrogens with one attached hydrogen (secondary N) is 3. The topological polar surface area (TPSA) is 140 Å². The first-order chi connectivity index (χ1) is 21.2. The Kier molecular flexibility index (Phi) is 13.1. The first-order valence-corrected chi connectivity index (χ1v) is 14.4. The standard InChI is InChI=1S/C34H39N3O7/c1-23(2)19-28(37-34(42)44-22-26-17-11-6-12-18-26)31(39)35-27(20-24-13-7-4-8-14-24)30(38)32(40)36-29(33(41)43-3)21-25-15-9-5-10-16-25/h4-18,23,27-29H,19-22H2,1-3H3,(H,35,39)(H,36,40)(H,37,42)/t27-,28?,29-/m0/s1. The van der Waals surface area contributed by atoms with Crippen molar-refractivity contribution in [3.63, 3.8) is 0 Å². The summed E-state index contributed by atoms with van der Waals surface area (Å²) < 4.78 is 10.1. The van der Waals surface area contributed by atoms with Gasteiger partial charge in [-0.15, -0.1) is 0 Å². The molecule has 3 rings (SSSR count). The van der Waals surface area contributed by atoms with Gasteiger partial charge >= 0.3 is 12.1 Å². The average molecular weight is 602 g/mol. The van der Waals surface area contributed by atoms with E-state index in [2.05, 4.69) is 16.0 Å². The number of rotatable bonds is 15. The van der Waals surface area contributed by atoms with Crippen molar-refractivity contribution in [1.29, 1.82) is 0 Å². The molecule has 0 aliphatic carbocycles. The molecule has 3 aromatic rings. The van der Waals surface area contributed by atoms with E-state index in [1.54, 1.807) is 66.7 Å². The van der Waals surface area contributed by atoms with Crippen molar-refractivity contribution in [2.24, 2.45) is 5.92 Å². The number of carbonyl (C=O) groups is 5. The van der Waals surface area contributed by atoms with Crippen LogP contribution in [-0.4, -0.2) is 54.9 Å². The molecule has 0 fully saturated rings. The van der Waals surface area contributed by atoms with Crippen molar-refractivity contribution >= 4 is 29.7 Å². The second kappa shape index (κ2) is 17.2. The molecule has 0 radical (unpaired) electrons. The Labute approximate surface area is 257 Å². The van der Waals surface area contributed by atoms with Crippen LogP contribution < -0.4 is 16.0 Å². The third kappa shape index (κ3) is 11.0. The molecule has 0 aliphatic rings. The van der Waals surface area contributed by atoms with Gasteiger partial charge in [0.05, 0.1) is 7.11 Å². The fourth-order valence-corrected chi connectivity index (χ4v) is 4.51. The predicted octanol–water partition coefficient (Wildman–Crippen LogP) is 3.52. The van der Waals surface area contributed by atoms with E-state index >= 15 is 0 Å². The first-order valence-electron chi connectivity index (χ1n) is 14.4. The summed E-state index contributed by atoms with van der Waals surface area (Å²) in [5.74, 6) is -3.35. The van der Waals surface area contributed by atoms with Gasteiger partial charge in [-0.25, -0.2) is 9.59 Å². The number of ether oxygens (including phenoxy) is 2.